The number of unbranched alkanes of at least 4 members (excludes halogenated alkanes) is 24. The molecule has 812 valence electrons. The number of aryl methyl sites for hydroxylation is 8. The van der Waals surface area contributed by atoms with Crippen LogP contribution in [-0.2, 0) is 117 Å². The van der Waals surface area contributed by atoms with E-state index in [1.54, 1.807) is 153 Å². The van der Waals surface area contributed by atoms with Crippen LogP contribution in [0.5, 0.6) is 0 Å². The van der Waals surface area contributed by atoms with E-state index in [9.17, 15) is 60.1 Å². The van der Waals surface area contributed by atoms with Gasteiger partial charge in [0, 0.05) is 29.6 Å². The summed E-state index contributed by atoms with van der Waals surface area (Å²) in [5.74, 6) is 1.41. The summed E-state index contributed by atoms with van der Waals surface area (Å²) in [6.45, 7) is 35.8. The van der Waals surface area contributed by atoms with Crippen molar-refractivity contribution in [1.82, 2.24) is 20.3 Å². The van der Waals surface area contributed by atoms with Crippen LogP contribution in [0.2, 0.25) is 0 Å². The summed E-state index contributed by atoms with van der Waals surface area (Å²) in [6.07, 6.45) is 46.8. The van der Waals surface area contributed by atoms with Gasteiger partial charge in [-0.25, -0.2) is 60.5 Å². The fourth-order valence-corrected chi connectivity index (χ4v) is 24.2. The van der Waals surface area contributed by atoms with E-state index in [4.69, 9.17) is 10.2 Å². The lowest BCUT2D eigenvalue weighted by Gasteiger charge is -2.18. The van der Waals surface area contributed by atoms with E-state index >= 15 is 0 Å². The van der Waals surface area contributed by atoms with Gasteiger partial charge in [-0.1, -0.05) is 194 Å². The zero-order chi connectivity index (χ0) is 108. The maximum absolute atomic E-state index is 12.1. The normalized spacial score (nSPS) is 12.9. The molecule has 0 spiro atoms. The zero-order valence-electron chi connectivity index (χ0n) is 92.1. The molecule has 0 atom stereocenters. The lowest BCUT2D eigenvalue weighted by Crippen LogP contribution is -2.30. The number of hydrogen-bond donors (Lipinski definition) is 2. The molecule has 3 heterocycles. The highest BCUT2D eigenvalue weighted by molar-refractivity contribution is 7.94. The van der Waals surface area contributed by atoms with E-state index in [1.807, 2.05) is 74.2 Å². The third-order valence-electron chi connectivity index (χ3n) is 26.8. The second-order valence-corrected chi connectivity index (χ2v) is 63.8. The highest BCUT2D eigenvalue weighted by Crippen LogP contribution is 2.30. The first kappa shape index (κ1) is 128. The molecule has 9 aromatic rings. The second-order valence-electron chi connectivity index (χ2n) is 45.7. The van der Waals surface area contributed by atoms with Crippen LogP contribution in [-0.4, -0.2) is 146 Å². The molecule has 20 nitrogen and oxygen atoms in total. The molecule has 145 heavy (non-hydrogen) atoms. The molecule has 2 amide bonds. The Morgan fingerprint density at radius 3 is 1.03 bits per heavy atom. The number of fused-ring (bicyclic) bond motifs is 3. The predicted octanol–water partition coefficient (Wildman–Crippen LogP) is 27.8. The second kappa shape index (κ2) is 62.3. The number of oxazole rings is 1. The minimum Gasteiger partial charge on any atom is -0.443 e. The Morgan fingerprint density at radius 1 is 0.331 bits per heavy atom. The Morgan fingerprint density at radius 2 is 0.641 bits per heavy atom. The first-order chi connectivity index (χ1) is 67.8. The molecule has 27 heteroatoms. The summed E-state index contributed by atoms with van der Waals surface area (Å²) in [4.78, 5) is 35.7. The number of sulfone groups is 6. The molecule has 10 rings (SSSR count). The molecule has 3 N–H and O–H groups in total. The average Bonchev–Trinajstić information content (AvgIpc) is 1.84. The van der Waals surface area contributed by atoms with Crippen molar-refractivity contribution in [2.45, 2.75) is 430 Å². The number of thiazole rings is 1. The van der Waals surface area contributed by atoms with E-state index in [0.29, 0.717) is 34.1 Å². The SMILES string of the molecule is CC(C)(C)S(=O)(=O)CCCCCCCc1ccc(Cc2ccncc2)cc1.CC(C)(C)S(=O)(=O)CCCCCCCc1ccc2c(c1)CCC2.CC(C)(C)S(=O)(=O)CCCCCCCc1ccc2ncsc2c1.CC(C)(C)S(=O)(=O)CCCCCCCc1ccc2ocnc2c1.CC(C)(C)S(=O)(=O)CCCCCCCc1cccc(C(N)=O)c1.CC(C)NC(=O)c1cccc(CCCCCCCS(=O)(=O)C(C)(C)C)c1. The Kier molecular flexibility index (Phi) is 55.0. The molecule has 0 unspecified atom stereocenters. The van der Waals surface area contributed by atoms with Crippen LogP contribution in [0.15, 0.2) is 168 Å². The smallest absolute Gasteiger partial charge is 0.251 e. The molecule has 3 aromatic heterocycles. The quantitative estimate of drug-likeness (QED) is 0.0334. The topological polar surface area (TPSA) is 329 Å². The highest BCUT2D eigenvalue weighted by Gasteiger charge is 2.33. The minimum atomic E-state index is -2.99. The number of primary amides is 1. The summed E-state index contributed by atoms with van der Waals surface area (Å²) in [7, 11) is -17.8. The number of nitrogens with zero attached hydrogens (tertiary/aromatic N) is 3. The fraction of sp³-hybridized carbons (Fsp3) is 0.619. The van der Waals surface area contributed by atoms with Crippen molar-refractivity contribution in [2.75, 3.05) is 34.5 Å². The first-order valence-corrected chi connectivity index (χ1v) is 64.5. The summed E-state index contributed by atoms with van der Waals surface area (Å²) in [5, 5.41) is 2.91. The van der Waals surface area contributed by atoms with Gasteiger partial charge in [-0.2, -0.15) is 0 Å². The van der Waals surface area contributed by atoms with Crippen LogP contribution in [0, 0.1) is 0 Å². The van der Waals surface area contributed by atoms with E-state index in [0.717, 1.165) is 247 Å². The molecule has 0 saturated heterocycles. The molecular formula is C118H183N5O15S7. The van der Waals surface area contributed by atoms with Gasteiger partial charge >= 0.3 is 0 Å². The average molecular weight is 2140 g/mol. The van der Waals surface area contributed by atoms with Crippen molar-refractivity contribution in [3.8, 4) is 0 Å². The van der Waals surface area contributed by atoms with E-state index < -0.39 is 93.4 Å². The van der Waals surface area contributed by atoms with Gasteiger partial charge in [0.15, 0.2) is 71.0 Å². The van der Waals surface area contributed by atoms with Crippen LogP contribution in [0.4, 0.5) is 0 Å². The Bertz CT molecular complexity index is 5900. The molecule has 6 aromatic carbocycles. The van der Waals surface area contributed by atoms with Crippen molar-refractivity contribution in [1.29, 1.82) is 0 Å². The molecular weight excluding hydrogens is 1950 g/mol. The summed E-state index contributed by atoms with van der Waals surface area (Å²) in [6, 6.07) is 48.0. The number of rotatable bonds is 53. The van der Waals surface area contributed by atoms with Gasteiger partial charge in [-0.15, -0.1) is 11.3 Å². The number of carbonyl (C=O) groups is 2. The number of nitrogens with two attached hydrogens (primary N) is 1. The van der Waals surface area contributed by atoms with Crippen LogP contribution in [0.3, 0.4) is 0 Å². The van der Waals surface area contributed by atoms with E-state index in [2.05, 4.69) is 111 Å². The third-order valence-corrected chi connectivity index (χ3v) is 43.8. The number of nitrogens with one attached hydrogen (secondary N) is 1. The third kappa shape index (κ3) is 49.4. The number of carbonyl (C=O) groups excluding carboxylic acids is 2. The number of aromatic nitrogens is 3. The zero-order valence-corrected chi connectivity index (χ0v) is 97.8. The van der Waals surface area contributed by atoms with Gasteiger partial charge in [-0.05, 0) is 396 Å². The summed E-state index contributed by atoms with van der Waals surface area (Å²) < 4.78 is 147. The fourth-order valence-electron chi connectivity index (χ4n) is 16.3. The standard InChI is InChI=1S/C23H33NO2S.C21H35NO3S.C20H32O2S.C18H27NO3S.C18H29NO3S.C18H27NO2S2/c1-23(2,3)27(25,26)18-8-6-4-5-7-9-20-10-12-21(13-11-20)19-22-14-16-24-17-15-22;1-17(2)22-20(23)19-14-11-13-18(16-19)12-9-7-6-8-10-15-26(24,25)21(3,4)5;1-20(2,3)23(21,22)15-8-6-4-5-7-10-17-13-14-18-11-9-12-19(18)16-17;1-18(2,3)23(20,21)12-8-6-4-5-7-9-15-10-11-17-16(13-15)19-14-22-17;1-18(2,3)23(21,22)13-8-6-4-5-7-10-15-11-9-12-16(14-15)17(19)20;1-18(2,3)23(20,21)12-8-6-4-5-7-9-15-10-11-16-17(13-15)22-14-19-16/h10-17H,4-9,18-19H2,1-3H3;11,13-14,16-17H,6-10,12,15H2,1-5H3,(H,22,23);13-14,16H,4-12,15H2,1-3H3;10-11,13-14H,4-9,12H2,1-3H3;9,11-12,14H,4-8,10,13H2,1-3H3,(H2,19,20);10-11,13-14H,4-9,12H2,1-3H3. The van der Waals surface area contributed by atoms with E-state index in [1.165, 1.54) is 82.1 Å². The molecule has 0 fully saturated rings. The highest BCUT2D eigenvalue weighted by atomic mass is 32.2. The van der Waals surface area contributed by atoms with Crippen molar-refractivity contribution < 1.29 is 64.5 Å². The van der Waals surface area contributed by atoms with Crippen LogP contribution in [0.25, 0.3) is 21.3 Å². The molecule has 0 saturated carbocycles. The summed E-state index contributed by atoms with van der Waals surface area (Å²) >= 11 is 1.69. The molecule has 1 aliphatic rings. The van der Waals surface area contributed by atoms with E-state index in [-0.39, 0.29) is 23.5 Å². The molecule has 0 bridgehead atoms. The first-order valence-electron chi connectivity index (χ1n) is 53.7. The van der Waals surface area contributed by atoms with Gasteiger partial charge in [-0.3, -0.25) is 14.6 Å². The molecule has 0 aliphatic heterocycles. The van der Waals surface area contributed by atoms with Crippen molar-refractivity contribution in [2.24, 2.45) is 5.73 Å². The number of amides is 2. The Labute approximate surface area is 882 Å². The van der Waals surface area contributed by atoms with Gasteiger partial charge < -0.3 is 15.5 Å². The van der Waals surface area contributed by atoms with Gasteiger partial charge in [0.25, 0.3) is 5.91 Å². The van der Waals surface area contributed by atoms with Gasteiger partial charge in [0.05, 0.1) is 78.7 Å². The number of benzene rings is 6. The predicted molar refractivity (Wildman–Crippen MR) is 612 cm³/mol. The molecule has 1 aliphatic carbocycles. The largest absolute Gasteiger partial charge is 0.443 e. The molecule has 0 radical (unpaired) electrons. The number of pyridine rings is 1. The minimum absolute atomic E-state index is 0.0260. The van der Waals surface area contributed by atoms with Crippen molar-refractivity contribution in [3.63, 3.8) is 0 Å². The maximum Gasteiger partial charge on any atom is 0.251 e. The van der Waals surface area contributed by atoms with Crippen LogP contribution >= 0.6 is 11.3 Å². The van der Waals surface area contributed by atoms with Gasteiger partial charge in [0.1, 0.15) is 5.52 Å². The monoisotopic (exact) mass is 2130 g/mol. The maximum atomic E-state index is 12.1. The number of hydrogen-bond acceptors (Lipinski definition) is 19. The lowest BCUT2D eigenvalue weighted by molar-refractivity contribution is 0.0941. The summed E-state index contributed by atoms with van der Waals surface area (Å²) in [5.41, 5.74) is 24.8. The lowest BCUT2D eigenvalue weighted by atomic mass is 10.0. The Balaban J connectivity index is 0.000000307. The van der Waals surface area contributed by atoms with Crippen molar-refractivity contribution in [3.05, 3.63) is 231 Å². The van der Waals surface area contributed by atoms with Crippen molar-refractivity contribution >= 4 is 103 Å². The van der Waals surface area contributed by atoms with Gasteiger partial charge in [0.2, 0.25) is 5.91 Å². The van der Waals surface area contributed by atoms with Crippen LogP contribution < -0.4 is 11.1 Å². The van der Waals surface area contributed by atoms with Crippen LogP contribution in [0.1, 0.15) is 414 Å². The Hall–Kier alpha value is -7.53.